The highest BCUT2D eigenvalue weighted by atomic mass is 32.1. The highest BCUT2D eigenvalue weighted by Crippen LogP contribution is 2.42. The van der Waals surface area contributed by atoms with Gasteiger partial charge in [0.05, 0.1) is 19.3 Å². The molecule has 0 amide bonds. The average molecular weight is 567 g/mol. The Morgan fingerprint density at radius 2 is 1.79 bits per heavy atom. The van der Waals surface area contributed by atoms with Crippen molar-refractivity contribution in [1.29, 1.82) is 0 Å². The number of carbonyl (C=O) groups is 1. The Morgan fingerprint density at radius 3 is 2.46 bits per heavy atom. The van der Waals surface area contributed by atoms with E-state index in [1.807, 2.05) is 0 Å². The number of thiol groups is 1. The molecule has 7 heteroatoms. The van der Waals surface area contributed by atoms with Crippen LogP contribution in [0.1, 0.15) is 104 Å². The fourth-order valence-electron chi connectivity index (χ4n) is 5.97. The molecular formula is C32H54O6S. The molecule has 2 aliphatic heterocycles. The number of carbonyl (C=O) groups excluding carboxylic acids is 1. The SMILES string of the molecule is CCCC[C@H](C)[C@@H](/C=C/[C@@H]1[C@@H](C/C=C\CCCC(=O)OC)[C@@H](S)C[C@H]1OC1CCCCO1)OC1CCCCO1. The van der Waals surface area contributed by atoms with Crippen molar-refractivity contribution in [1.82, 2.24) is 0 Å². The fraction of sp³-hybridized carbons (Fsp3) is 0.844. The maximum Gasteiger partial charge on any atom is 0.305 e. The highest BCUT2D eigenvalue weighted by molar-refractivity contribution is 7.81. The summed E-state index contributed by atoms with van der Waals surface area (Å²) in [6.07, 6.45) is 23.1. The van der Waals surface area contributed by atoms with Crippen LogP contribution in [-0.4, -0.2) is 56.3 Å². The maximum absolute atomic E-state index is 11.4. The van der Waals surface area contributed by atoms with Gasteiger partial charge in [-0.25, -0.2) is 0 Å². The van der Waals surface area contributed by atoms with Crippen molar-refractivity contribution < 1.29 is 28.5 Å². The number of hydrogen-bond acceptors (Lipinski definition) is 7. The second-order valence-electron chi connectivity index (χ2n) is 11.6. The highest BCUT2D eigenvalue weighted by Gasteiger charge is 2.42. The van der Waals surface area contributed by atoms with Crippen molar-refractivity contribution >= 4 is 18.6 Å². The summed E-state index contributed by atoms with van der Waals surface area (Å²) in [6.45, 7) is 6.13. The van der Waals surface area contributed by atoms with Gasteiger partial charge < -0.3 is 23.7 Å². The van der Waals surface area contributed by atoms with Crippen molar-refractivity contribution in [3.05, 3.63) is 24.3 Å². The molecule has 1 saturated carbocycles. The predicted molar refractivity (Wildman–Crippen MR) is 159 cm³/mol. The minimum atomic E-state index is -0.145. The number of esters is 1. The molecule has 2 heterocycles. The van der Waals surface area contributed by atoms with E-state index in [0.717, 1.165) is 77.4 Å². The fourth-order valence-corrected chi connectivity index (χ4v) is 6.50. The third-order valence-corrected chi connectivity index (χ3v) is 9.05. The Kier molecular flexibility index (Phi) is 15.5. The van der Waals surface area contributed by atoms with Crippen molar-refractivity contribution in [2.75, 3.05) is 20.3 Å². The van der Waals surface area contributed by atoms with Crippen molar-refractivity contribution in [3.8, 4) is 0 Å². The summed E-state index contributed by atoms with van der Waals surface area (Å²) in [5, 5.41) is 0.256. The predicted octanol–water partition coefficient (Wildman–Crippen LogP) is 7.42. The largest absolute Gasteiger partial charge is 0.469 e. The Bertz CT molecular complexity index is 730. The number of ether oxygens (including phenoxy) is 5. The van der Waals surface area contributed by atoms with Crippen LogP contribution in [0.4, 0.5) is 0 Å². The first-order valence-electron chi connectivity index (χ1n) is 15.6. The number of methoxy groups -OCH3 is 1. The molecule has 6 nitrogen and oxygen atoms in total. The van der Waals surface area contributed by atoms with Crippen LogP contribution in [0.3, 0.4) is 0 Å². The van der Waals surface area contributed by atoms with Crippen LogP contribution in [0, 0.1) is 17.8 Å². The first-order chi connectivity index (χ1) is 19.0. The molecule has 39 heavy (non-hydrogen) atoms. The molecule has 3 rings (SSSR count). The Morgan fingerprint density at radius 1 is 1.05 bits per heavy atom. The summed E-state index contributed by atoms with van der Waals surface area (Å²) >= 11 is 5.04. The lowest BCUT2D eigenvalue weighted by molar-refractivity contribution is -0.193. The van der Waals surface area contributed by atoms with Gasteiger partial charge in [0.15, 0.2) is 12.6 Å². The molecule has 0 radical (unpaired) electrons. The summed E-state index contributed by atoms with van der Waals surface area (Å²) in [5.74, 6) is 0.893. The third kappa shape index (κ3) is 11.5. The molecular weight excluding hydrogens is 512 g/mol. The monoisotopic (exact) mass is 566 g/mol. The van der Waals surface area contributed by atoms with Crippen LogP contribution in [0.25, 0.3) is 0 Å². The van der Waals surface area contributed by atoms with Crippen LogP contribution in [-0.2, 0) is 28.5 Å². The topological polar surface area (TPSA) is 63.2 Å². The zero-order valence-electron chi connectivity index (χ0n) is 24.6. The van der Waals surface area contributed by atoms with Gasteiger partial charge in [-0.05, 0) is 82.5 Å². The second-order valence-corrected chi connectivity index (χ2v) is 12.3. The lowest BCUT2D eigenvalue weighted by atomic mass is 9.89. The Labute approximate surface area is 243 Å². The molecule has 0 spiro atoms. The van der Waals surface area contributed by atoms with Gasteiger partial charge in [-0.2, -0.15) is 12.6 Å². The van der Waals surface area contributed by atoms with E-state index in [4.69, 9.17) is 36.3 Å². The van der Waals surface area contributed by atoms with Gasteiger partial charge in [0.2, 0.25) is 0 Å². The number of rotatable bonds is 16. The molecule has 0 aromatic carbocycles. The number of unbranched alkanes of at least 4 members (excludes halogenated alkanes) is 2. The molecule has 224 valence electrons. The van der Waals surface area contributed by atoms with E-state index in [0.29, 0.717) is 18.3 Å². The van der Waals surface area contributed by atoms with E-state index in [2.05, 4.69) is 38.2 Å². The van der Waals surface area contributed by atoms with E-state index in [1.165, 1.54) is 26.4 Å². The standard InChI is InChI=1S/C32H54O6S/c1-4-5-14-24(2)27(37-31-17-10-12-21-35-31)20-19-25-26(15-8-6-7-9-16-30(33)34-3)29(39)23-28(25)38-32-18-11-13-22-36-32/h6,8,19-20,24-29,31-32,39H,4-5,7,9-18,21-23H2,1-3H3/b8-6-,20-19+/t24-,25+,26+,27+,28+,29-,31?,32?/m0/s1. The van der Waals surface area contributed by atoms with Gasteiger partial charge in [-0.15, -0.1) is 0 Å². The maximum atomic E-state index is 11.4. The van der Waals surface area contributed by atoms with E-state index in [9.17, 15) is 4.79 Å². The van der Waals surface area contributed by atoms with Crippen LogP contribution >= 0.6 is 12.6 Å². The smallest absolute Gasteiger partial charge is 0.305 e. The van der Waals surface area contributed by atoms with Crippen molar-refractivity contribution in [3.63, 3.8) is 0 Å². The molecule has 8 atom stereocenters. The molecule has 0 aromatic heterocycles. The molecule has 0 bridgehead atoms. The van der Waals surface area contributed by atoms with Gasteiger partial charge in [-0.3, -0.25) is 4.79 Å². The summed E-state index contributed by atoms with van der Waals surface area (Å²) in [6, 6.07) is 0. The van der Waals surface area contributed by atoms with E-state index in [-0.39, 0.29) is 41.9 Å². The van der Waals surface area contributed by atoms with Crippen molar-refractivity contribution in [2.45, 2.75) is 134 Å². The Hall–Kier alpha value is -0.860. The van der Waals surface area contributed by atoms with Gasteiger partial charge in [-0.1, -0.05) is 51.0 Å². The molecule has 3 aliphatic rings. The molecule has 0 N–H and O–H groups in total. The van der Waals surface area contributed by atoms with Gasteiger partial charge in [0.1, 0.15) is 0 Å². The average Bonchev–Trinajstić information content (AvgIpc) is 3.25. The van der Waals surface area contributed by atoms with Crippen LogP contribution in [0.5, 0.6) is 0 Å². The zero-order valence-corrected chi connectivity index (χ0v) is 25.5. The van der Waals surface area contributed by atoms with Crippen molar-refractivity contribution in [2.24, 2.45) is 17.8 Å². The van der Waals surface area contributed by atoms with Crippen LogP contribution in [0.15, 0.2) is 24.3 Å². The number of hydrogen-bond donors (Lipinski definition) is 1. The number of allylic oxidation sites excluding steroid dienone is 2. The van der Waals surface area contributed by atoms with Gasteiger partial charge in [0, 0.05) is 30.8 Å². The third-order valence-electron chi connectivity index (χ3n) is 8.45. The lowest BCUT2D eigenvalue weighted by Gasteiger charge is -2.31. The van der Waals surface area contributed by atoms with E-state index < -0.39 is 0 Å². The van der Waals surface area contributed by atoms with Crippen LogP contribution in [0.2, 0.25) is 0 Å². The zero-order chi connectivity index (χ0) is 27.9. The molecule has 0 aromatic rings. The summed E-state index contributed by atoms with van der Waals surface area (Å²) in [4.78, 5) is 11.4. The van der Waals surface area contributed by atoms with E-state index >= 15 is 0 Å². The minimum Gasteiger partial charge on any atom is -0.469 e. The first-order valence-corrected chi connectivity index (χ1v) is 16.2. The summed E-state index contributed by atoms with van der Waals surface area (Å²) < 4.78 is 29.8. The van der Waals surface area contributed by atoms with Gasteiger partial charge >= 0.3 is 5.97 Å². The lowest BCUT2D eigenvalue weighted by Crippen LogP contribution is -2.32. The second kappa shape index (κ2) is 18.5. The minimum absolute atomic E-state index is 0.0275. The molecule has 2 unspecified atom stereocenters. The summed E-state index contributed by atoms with van der Waals surface area (Å²) in [5.41, 5.74) is 0. The molecule has 1 aliphatic carbocycles. The van der Waals surface area contributed by atoms with Gasteiger partial charge in [0.25, 0.3) is 0 Å². The molecule has 3 fully saturated rings. The van der Waals surface area contributed by atoms with E-state index in [1.54, 1.807) is 0 Å². The Balaban J connectivity index is 1.69. The quantitative estimate of drug-likeness (QED) is 0.0908. The first kappa shape index (κ1) is 32.7. The normalized spacial score (nSPS) is 31.6. The summed E-state index contributed by atoms with van der Waals surface area (Å²) in [7, 11) is 1.44. The van der Waals surface area contributed by atoms with Crippen LogP contribution < -0.4 is 0 Å². The molecule has 2 saturated heterocycles.